The Bertz CT molecular complexity index is 439. The summed E-state index contributed by atoms with van der Waals surface area (Å²) in [5.41, 5.74) is 0.589. The molecule has 0 aliphatic carbocycles. The molecule has 1 atom stereocenters. The average molecular weight is 281 g/mol. The van der Waals surface area contributed by atoms with Crippen molar-refractivity contribution in [2.24, 2.45) is 0 Å². The Kier molecular flexibility index (Phi) is 4.94. The molecule has 1 saturated heterocycles. The Balaban J connectivity index is 1.95. The van der Waals surface area contributed by atoms with E-state index in [0.717, 1.165) is 19.4 Å². The van der Waals surface area contributed by atoms with Crippen molar-refractivity contribution in [2.45, 2.75) is 51.8 Å². The van der Waals surface area contributed by atoms with Gasteiger partial charge < -0.3 is 15.4 Å². The predicted molar refractivity (Wildman–Crippen MR) is 78.3 cm³/mol. The molecule has 2 rings (SSSR count). The maximum Gasteiger partial charge on any atom is 0.169 e. The minimum atomic E-state index is -0.276. The van der Waals surface area contributed by atoms with Crippen LogP contribution in [-0.2, 0) is 11.3 Å². The maximum absolute atomic E-state index is 14.3. The summed E-state index contributed by atoms with van der Waals surface area (Å²) >= 11 is 0. The van der Waals surface area contributed by atoms with Gasteiger partial charge in [-0.05, 0) is 39.7 Å². The molecular formula is C15H24FN3O. The highest BCUT2D eigenvalue weighted by molar-refractivity contribution is 5.40. The van der Waals surface area contributed by atoms with Crippen LogP contribution in [-0.4, -0.2) is 29.8 Å². The van der Waals surface area contributed by atoms with Gasteiger partial charge in [-0.2, -0.15) is 0 Å². The van der Waals surface area contributed by atoms with Crippen LogP contribution in [0, 0.1) is 5.82 Å². The van der Waals surface area contributed by atoms with Crippen molar-refractivity contribution in [2.75, 3.05) is 18.5 Å². The summed E-state index contributed by atoms with van der Waals surface area (Å²) in [6.07, 6.45) is 3.92. The molecule has 1 aromatic heterocycles. The van der Waals surface area contributed by atoms with Crippen LogP contribution in [0.5, 0.6) is 0 Å². The number of nitrogens with zero attached hydrogens (tertiary/aromatic N) is 1. The first-order chi connectivity index (χ1) is 9.46. The minimum absolute atomic E-state index is 0.0407. The van der Waals surface area contributed by atoms with Gasteiger partial charge in [-0.1, -0.05) is 0 Å². The number of nitrogens with one attached hydrogen (secondary N) is 2. The standard InChI is InChI=1S/C15H24FN3O/c1-15(2,3)19-9-11-6-7-17-14(13(11)16)18-10-12-5-4-8-20-12/h6-7,12,19H,4-5,8-10H2,1-3H3,(H,17,18). The van der Waals surface area contributed by atoms with E-state index >= 15 is 0 Å². The monoisotopic (exact) mass is 281 g/mol. The first-order valence-corrected chi connectivity index (χ1v) is 7.19. The third-order valence-corrected chi connectivity index (χ3v) is 3.30. The number of rotatable bonds is 5. The highest BCUT2D eigenvalue weighted by Gasteiger charge is 2.17. The molecule has 2 N–H and O–H groups in total. The molecule has 112 valence electrons. The summed E-state index contributed by atoms with van der Waals surface area (Å²) in [4.78, 5) is 4.07. The van der Waals surface area contributed by atoms with Crippen molar-refractivity contribution in [1.82, 2.24) is 10.3 Å². The van der Waals surface area contributed by atoms with Crippen LogP contribution in [0.3, 0.4) is 0 Å². The van der Waals surface area contributed by atoms with Crippen molar-refractivity contribution in [1.29, 1.82) is 0 Å². The van der Waals surface area contributed by atoms with Crippen LogP contribution < -0.4 is 10.6 Å². The maximum atomic E-state index is 14.3. The van der Waals surface area contributed by atoms with E-state index in [1.807, 2.05) is 0 Å². The number of halogens is 1. The number of pyridine rings is 1. The van der Waals surface area contributed by atoms with Gasteiger partial charge in [0.1, 0.15) is 0 Å². The van der Waals surface area contributed by atoms with Crippen LogP contribution in [0.15, 0.2) is 12.3 Å². The van der Waals surface area contributed by atoms with Crippen LogP contribution in [0.4, 0.5) is 10.2 Å². The molecule has 1 aliphatic rings. The van der Waals surface area contributed by atoms with E-state index in [1.165, 1.54) is 0 Å². The second-order valence-corrected chi connectivity index (χ2v) is 6.25. The fraction of sp³-hybridized carbons (Fsp3) is 0.667. The molecule has 1 unspecified atom stereocenters. The van der Waals surface area contributed by atoms with E-state index in [-0.39, 0.29) is 17.5 Å². The van der Waals surface area contributed by atoms with Crippen LogP contribution >= 0.6 is 0 Å². The summed E-state index contributed by atoms with van der Waals surface area (Å²) in [5, 5.41) is 6.34. The van der Waals surface area contributed by atoms with Gasteiger partial charge in [0.05, 0.1) is 6.10 Å². The Hall–Kier alpha value is -1.20. The Labute approximate surface area is 120 Å². The molecule has 0 radical (unpaired) electrons. The number of hydrogen-bond donors (Lipinski definition) is 2. The second-order valence-electron chi connectivity index (χ2n) is 6.25. The molecule has 1 fully saturated rings. The first kappa shape index (κ1) is 15.2. The van der Waals surface area contributed by atoms with Gasteiger partial charge in [0.25, 0.3) is 0 Å². The molecule has 20 heavy (non-hydrogen) atoms. The summed E-state index contributed by atoms with van der Waals surface area (Å²) in [5.74, 6) is 0.0379. The molecule has 0 amide bonds. The van der Waals surface area contributed by atoms with Crippen molar-refractivity contribution in [3.63, 3.8) is 0 Å². The average Bonchev–Trinajstić information content (AvgIpc) is 2.88. The molecule has 1 aromatic rings. The third kappa shape index (κ3) is 4.42. The Morgan fingerprint density at radius 1 is 1.45 bits per heavy atom. The molecule has 0 spiro atoms. The quantitative estimate of drug-likeness (QED) is 0.871. The zero-order valence-electron chi connectivity index (χ0n) is 12.5. The van der Waals surface area contributed by atoms with Gasteiger partial charge in [0, 0.05) is 37.0 Å². The topological polar surface area (TPSA) is 46.2 Å². The van der Waals surface area contributed by atoms with E-state index in [9.17, 15) is 4.39 Å². The molecule has 0 saturated carbocycles. The predicted octanol–water partition coefficient (Wildman–Crippen LogP) is 2.70. The molecule has 0 bridgehead atoms. The number of anilines is 1. The summed E-state index contributed by atoms with van der Waals surface area (Å²) in [6.45, 7) is 8.08. The zero-order valence-corrected chi connectivity index (χ0v) is 12.5. The normalized spacial score (nSPS) is 19.3. The molecule has 1 aliphatic heterocycles. The summed E-state index contributed by atoms with van der Waals surface area (Å²) < 4.78 is 19.8. The minimum Gasteiger partial charge on any atom is -0.376 e. The Morgan fingerprint density at radius 3 is 2.90 bits per heavy atom. The van der Waals surface area contributed by atoms with Gasteiger partial charge in [0.15, 0.2) is 11.6 Å². The van der Waals surface area contributed by atoms with E-state index in [0.29, 0.717) is 24.5 Å². The lowest BCUT2D eigenvalue weighted by molar-refractivity contribution is 0.120. The fourth-order valence-electron chi connectivity index (χ4n) is 2.12. The third-order valence-electron chi connectivity index (χ3n) is 3.30. The lowest BCUT2D eigenvalue weighted by atomic mass is 10.1. The first-order valence-electron chi connectivity index (χ1n) is 7.19. The molecule has 4 nitrogen and oxygen atoms in total. The zero-order chi connectivity index (χ0) is 14.6. The van der Waals surface area contributed by atoms with Gasteiger partial charge in [-0.3, -0.25) is 0 Å². The Morgan fingerprint density at radius 2 is 2.25 bits per heavy atom. The lowest BCUT2D eigenvalue weighted by Gasteiger charge is -2.21. The number of ether oxygens (including phenoxy) is 1. The van der Waals surface area contributed by atoms with Crippen LogP contribution in [0.2, 0.25) is 0 Å². The van der Waals surface area contributed by atoms with Crippen molar-refractivity contribution >= 4 is 5.82 Å². The molecule has 2 heterocycles. The van der Waals surface area contributed by atoms with Gasteiger partial charge >= 0.3 is 0 Å². The van der Waals surface area contributed by atoms with Gasteiger partial charge in [-0.15, -0.1) is 0 Å². The number of aromatic nitrogens is 1. The SMILES string of the molecule is CC(C)(C)NCc1ccnc(NCC2CCCO2)c1F. The fourth-order valence-corrected chi connectivity index (χ4v) is 2.12. The molecule has 0 aromatic carbocycles. The van der Waals surface area contributed by atoms with Crippen molar-refractivity contribution < 1.29 is 9.13 Å². The van der Waals surface area contributed by atoms with Crippen molar-refractivity contribution in [3.05, 3.63) is 23.6 Å². The molecule has 5 heteroatoms. The molecular weight excluding hydrogens is 257 g/mol. The van der Waals surface area contributed by atoms with Crippen LogP contribution in [0.1, 0.15) is 39.2 Å². The van der Waals surface area contributed by atoms with Crippen LogP contribution in [0.25, 0.3) is 0 Å². The number of hydrogen-bond acceptors (Lipinski definition) is 4. The van der Waals surface area contributed by atoms with Gasteiger partial charge in [0.2, 0.25) is 0 Å². The highest BCUT2D eigenvalue weighted by atomic mass is 19.1. The summed E-state index contributed by atoms with van der Waals surface area (Å²) in [7, 11) is 0. The second kappa shape index (κ2) is 6.50. The summed E-state index contributed by atoms with van der Waals surface area (Å²) in [6, 6.07) is 1.71. The van der Waals surface area contributed by atoms with E-state index in [4.69, 9.17) is 4.74 Å². The van der Waals surface area contributed by atoms with E-state index in [2.05, 4.69) is 36.4 Å². The lowest BCUT2D eigenvalue weighted by Crippen LogP contribution is -2.35. The van der Waals surface area contributed by atoms with E-state index < -0.39 is 0 Å². The van der Waals surface area contributed by atoms with Crippen molar-refractivity contribution in [3.8, 4) is 0 Å². The largest absolute Gasteiger partial charge is 0.376 e. The smallest absolute Gasteiger partial charge is 0.169 e. The van der Waals surface area contributed by atoms with E-state index in [1.54, 1.807) is 12.3 Å². The highest BCUT2D eigenvalue weighted by Crippen LogP contribution is 2.18. The van der Waals surface area contributed by atoms with Gasteiger partial charge in [-0.25, -0.2) is 9.37 Å².